The molecular weight excluding hydrogens is 180 g/mol. The first-order chi connectivity index (χ1) is 6.59. The lowest BCUT2D eigenvalue weighted by molar-refractivity contribution is 0.0540. The summed E-state index contributed by atoms with van der Waals surface area (Å²) < 4.78 is 4.91. The molecule has 0 radical (unpaired) electrons. The summed E-state index contributed by atoms with van der Waals surface area (Å²) in [5.74, 6) is -0.283. The third-order valence-corrected chi connectivity index (χ3v) is 1.55. The highest BCUT2D eigenvalue weighted by atomic mass is 16.5. The fourth-order valence-corrected chi connectivity index (χ4v) is 0.870. The van der Waals surface area contributed by atoms with Crippen LogP contribution in [0.2, 0.25) is 0 Å². The molecular formula is C11H12O3. The Morgan fingerprint density at radius 1 is 1.43 bits per heavy atom. The van der Waals surface area contributed by atoms with E-state index in [9.17, 15) is 4.79 Å². The van der Waals surface area contributed by atoms with Crippen molar-refractivity contribution in [3.05, 3.63) is 42.0 Å². The van der Waals surface area contributed by atoms with Crippen LogP contribution in [0.5, 0.6) is 5.75 Å². The summed E-state index contributed by atoms with van der Waals surface area (Å²) in [4.78, 5) is 11.3. The number of phenols is 1. The van der Waals surface area contributed by atoms with Gasteiger partial charge in [-0.2, -0.15) is 0 Å². The second-order valence-corrected chi connectivity index (χ2v) is 3.08. The van der Waals surface area contributed by atoms with Crippen LogP contribution in [-0.2, 0) is 4.74 Å². The van der Waals surface area contributed by atoms with Crippen LogP contribution in [0.15, 0.2) is 36.4 Å². The van der Waals surface area contributed by atoms with E-state index in [0.717, 1.165) is 5.57 Å². The van der Waals surface area contributed by atoms with Gasteiger partial charge in [-0.1, -0.05) is 6.58 Å². The van der Waals surface area contributed by atoms with Crippen molar-refractivity contribution in [1.82, 2.24) is 0 Å². The number of phenolic OH excluding ortho intramolecular Hbond substituents is 1. The molecule has 0 aliphatic rings. The van der Waals surface area contributed by atoms with Gasteiger partial charge < -0.3 is 9.84 Å². The number of aromatic hydroxyl groups is 1. The standard InChI is InChI=1S/C11H12O3/c1-8(2)7-14-11(13)9-3-5-10(12)6-4-9/h3-6,12H,1,7H2,2H3. The summed E-state index contributed by atoms with van der Waals surface area (Å²) in [5, 5.41) is 8.99. The fourth-order valence-electron chi connectivity index (χ4n) is 0.870. The number of carbonyl (C=O) groups excluding carboxylic acids is 1. The monoisotopic (exact) mass is 192 g/mol. The number of carbonyl (C=O) groups is 1. The number of esters is 1. The Morgan fingerprint density at radius 2 is 2.00 bits per heavy atom. The van der Waals surface area contributed by atoms with Gasteiger partial charge in [0.05, 0.1) is 5.56 Å². The van der Waals surface area contributed by atoms with Crippen molar-refractivity contribution in [3.8, 4) is 5.75 Å². The van der Waals surface area contributed by atoms with Crippen LogP contribution >= 0.6 is 0 Å². The zero-order valence-corrected chi connectivity index (χ0v) is 7.99. The zero-order valence-electron chi connectivity index (χ0n) is 7.99. The van der Waals surface area contributed by atoms with Crippen molar-refractivity contribution in [2.75, 3.05) is 6.61 Å². The normalized spacial score (nSPS) is 9.50. The molecule has 3 nitrogen and oxygen atoms in total. The number of benzene rings is 1. The van der Waals surface area contributed by atoms with Crippen LogP contribution in [0.1, 0.15) is 17.3 Å². The lowest BCUT2D eigenvalue weighted by atomic mass is 10.2. The van der Waals surface area contributed by atoms with Crippen LogP contribution in [0.4, 0.5) is 0 Å². The average Bonchev–Trinajstić information content (AvgIpc) is 2.15. The molecule has 0 unspecified atom stereocenters. The predicted molar refractivity (Wildman–Crippen MR) is 53.2 cm³/mol. The molecule has 3 heteroatoms. The lowest BCUT2D eigenvalue weighted by Gasteiger charge is -2.03. The maximum atomic E-state index is 11.3. The Morgan fingerprint density at radius 3 is 2.50 bits per heavy atom. The first-order valence-electron chi connectivity index (χ1n) is 4.20. The van der Waals surface area contributed by atoms with E-state index in [2.05, 4.69) is 6.58 Å². The second kappa shape index (κ2) is 4.46. The molecule has 0 spiro atoms. The maximum Gasteiger partial charge on any atom is 0.338 e. The van der Waals surface area contributed by atoms with Gasteiger partial charge in [0.2, 0.25) is 0 Å². The Bertz CT molecular complexity index is 338. The topological polar surface area (TPSA) is 46.5 Å². The molecule has 1 aromatic carbocycles. The van der Waals surface area contributed by atoms with Crippen molar-refractivity contribution < 1.29 is 14.6 Å². The summed E-state index contributed by atoms with van der Waals surface area (Å²) in [7, 11) is 0. The van der Waals surface area contributed by atoms with Crippen molar-refractivity contribution in [2.24, 2.45) is 0 Å². The molecule has 0 atom stereocenters. The molecule has 14 heavy (non-hydrogen) atoms. The number of ether oxygens (including phenoxy) is 1. The molecule has 0 fully saturated rings. The Hall–Kier alpha value is -1.77. The summed E-state index contributed by atoms with van der Waals surface area (Å²) in [6.45, 7) is 5.62. The number of rotatable bonds is 3. The number of hydrogen-bond acceptors (Lipinski definition) is 3. The van der Waals surface area contributed by atoms with Gasteiger partial charge in [0, 0.05) is 0 Å². The SMILES string of the molecule is C=C(C)COC(=O)c1ccc(O)cc1. The van der Waals surface area contributed by atoms with Gasteiger partial charge >= 0.3 is 5.97 Å². The highest BCUT2D eigenvalue weighted by Gasteiger charge is 2.05. The molecule has 1 rings (SSSR count). The summed E-state index contributed by atoms with van der Waals surface area (Å²) >= 11 is 0. The molecule has 0 saturated heterocycles. The smallest absolute Gasteiger partial charge is 0.338 e. The van der Waals surface area contributed by atoms with Gasteiger partial charge in [0.15, 0.2) is 0 Å². The molecule has 1 aromatic rings. The van der Waals surface area contributed by atoms with Gasteiger partial charge in [0.25, 0.3) is 0 Å². The zero-order chi connectivity index (χ0) is 10.6. The van der Waals surface area contributed by atoms with E-state index >= 15 is 0 Å². The summed E-state index contributed by atoms with van der Waals surface area (Å²) in [5.41, 5.74) is 1.21. The van der Waals surface area contributed by atoms with Crippen molar-refractivity contribution >= 4 is 5.97 Å². The third kappa shape index (κ3) is 2.94. The minimum atomic E-state index is -0.409. The minimum absolute atomic E-state index is 0.126. The third-order valence-electron chi connectivity index (χ3n) is 1.55. The van der Waals surface area contributed by atoms with Crippen LogP contribution in [-0.4, -0.2) is 17.7 Å². The lowest BCUT2D eigenvalue weighted by Crippen LogP contribution is -2.06. The molecule has 0 heterocycles. The number of hydrogen-bond donors (Lipinski definition) is 1. The molecule has 0 amide bonds. The quantitative estimate of drug-likeness (QED) is 0.589. The van der Waals surface area contributed by atoms with Crippen molar-refractivity contribution in [1.29, 1.82) is 0 Å². The van der Waals surface area contributed by atoms with E-state index < -0.39 is 5.97 Å². The van der Waals surface area contributed by atoms with Crippen molar-refractivity contribution in [2.45, 2.75) is 6.92 Å². The first kappa shape index (κ1) is 10.3. The highest BCUT2D eigenvalue weighted by Crippen LogP contribution is 2.10. The molecule has 1 N–H and O–H groups in total. The molecule has 0 aliphatic heterocycles. The average molecular weight is 192 g/mol. The van der Waals surface area contributed by atoms with Gasteiger partial charge in [-0.05, 0) is 36.8 Å². The van der Waals surface area contributed by atoms with Crippen LogP contribution in [0, 0.1) is 0 Å². The largest absolute Gasteiger partial charge is 0.508 e. The predicted octanol–water partition coefficient (Wildman–Crippen LogP) is 2.13. The fraction of sp³-hybridized carbons (Fsp3) is 0.182. The maximum absolute atomic E-state index is 11.3. The Balaban J connectivity index is 2.61. The van der Waals surface area contributed by atoms with Crippen LogP contribution < -0.4 is 0 Å². The Labute approximate surface area is 82.6 Å². The van der Waals surface area contributed by atoms with Crippen LogP contribution in [0.3, 0.4) is 0 Å². The summed E-state index contributed by atoms with van der Waals surface area (Å²) in [6, 6.07) is 5.90. The first-order valence-corrected chi connectivity index (χ1v) is 4.20. The van der Waals surface area contributed by atoms with E-state index in [-0.39, 0.29) is 12.4 Å². The molecule has 74 valence electrons. The van der Waals surface area contributed by atoms with E-state index in [0.29, 0.717) is 5.56 Å². The molecule has 0 saturated carbocycles. The molecule has 0 aliphatic carbocycles. The van der Waals surface area contributed by atoms with E-state index in [1.54, 1.807) is 6.92 Å². The van der Waals surface area contributed by atoms with Gasteiger partial charge in [-0.15, -0.1) is 0 Å². The van der Waals surface area contributed by atoms with Gasteiger partial charge in [-0.25, -0.2) is 4.79 Å². The summed E-state index contributed by atoms with van der Waals surface area (Å²) in [6.07, 6.45) is 0. The van der Waals surface area contributed by atoms with E-state index in [1.807, 2.05) is 0 Å². The van der Waals surface area contributed by atoms with E-state index in [4.69, 9.17) is 9.84 Å². The molecule has 0 aromatic heterocycles. The Kier molecular flexibility index (Phi) is 3.29. The minimum Gasteiger partial charge on any atom is -0.508 e. The van der Waals surface area contributed by atoms with Crippen molar-refractivity contribution in [3.63, 3.8) is 0 Å². The van der Waals surface area contributed by atoms with Gasteiger partial charge in [-0.3, -0.25) is 0 Å². The van der Waals surface area contributed by atoms with E-state index in [1.165, 1.54) is 24.3 Å². The van der Waals surface area contributed by atoms with Crippen LogP contribution in [0.25, 0.3) is 0 Å². The highest BCUT2D eigenvalue weighted by molar-refractivity contribution is 5.89. The second-order valence-electron chi connectivity index (χ2n) is 3.08. The van der Waals surface area contributed by atoms with Gasteiger partial charge in [0.1, 0.15) is 12.4 Å². The molecule has 0 bridgehead atoms.